The maximum Gasteiger partial charge on any atom is 0.255 e. The molecule has 0 bridgehead atoms. The molecule has 1 aromatic rings. The second-order valence-electron chi connectivity index (χ2n) is 5.77. The maximum atomic E-state index is 13.6. The van der Waals surface area contributed by atoms with E-state index in [4.69, 9.17) is 0 Å². The number of carbonyl (C=O) groups is 3. The molecule has 3 rings (SSSR count). The fraction of sp³-hybridized carbons (Fsp3) is 0.438. The van der Waals surface area contributed by atoms with Gasteiger partial charge in [0.2, 0.25) is 0 Å². The minimum atomic E-state index is -0.578. The second-order valence-corrected chi connectivity index (χ2v) is 6.62. The van der Waals surface area contributed by atoms with Crippen LogP contribution < -0.4 is 0 Å². The largest absolute Gasteiger partial charge is 0.324 e. The number of carbonyl (C=O) groups excluding carboxylic acids is 3. The molecule has 1 aromatic carbocycles. The highest BCUT2D eigenvalue weighted by molar-refractivity contribution is 9.10. The zero-order chi connectivity index (χ0) is 15.9. The molecule has 0 aromatic heterocycles. The molecule has 1 unspecified atom stereocenters. The summed E-state index contributed by atoms with van der Waals surface area (Å²) in [6, 6.07) is 2.22. The van der Waals surface area contributed by atoms with Crippen LogP contribution in [0.2, 0.25) is 0 Å². The smallest absolute Gasteiger partial charge is 0.255 e. The van der Waals surface area contributed by atoms with Gasteiger partial charge in [0.05, 0.1) is 10.5 Å². The minimum absolute atomic E-state index is 0.00630. The summed E-state index contributed by atoms with van der Waals surface area (Å²) in [5.74, 6) is -0.690. The summed E-state index contributed by atoms with van der Waals surface area (Å²) in [4.78, 5) is 37.9. The average molecular weight is 368 g/mol. The van der Waals surface area contributed by atoms with Crippen LogP contribution in [-0.4, -0.2) is 28.4 Å². The number of rotatable bonds is 1. The van der Waals surface area contributed by atoms with Gasteiger partial charge >= 0.3 is 0 Å². The molecule has 4 nitrogen and oxygen atoms in total. The van der Waals surface area contributed by atoms with Crippen LogP contribution in [0.25, 0.3) is 0 Å². The molecular formula is C16H15BrFNO3. The molecule has 1 aliphatic heterocycles. The fourth-order valence-corrected chi connectivity index (χ4v) is 3.51. The molecule has 1 fully saturated rings. The molecule has 2 aliphatic rings. The molecule has 1 aliphatic carbocycles. The van der Waals surface area contributed by atoms with E-state index in [0.717, 1.165) is 0 Å². The van der Waals surface area contributed by atoms with E-state index in [1.54, 1.807) is 6.07 Å². The number of halogens is 2. The van der Waals surface area contributed by atoms with Gasteiger partial charge in [-0.05, 0) is 46.5 Å². The lowest BCUT2D eigenvalue weighted by atomic mass is 9.94. The summed E-state index contributed by atoms with van der Waals surface area (Å²) in [5.41, 5.74) is 1.02. The van der Waals surface area contributed by atoms with Crippen LogP contribution in [0.1, 0.15) is 48.0 Å². The molecule has 1 amide bonds. The van der Waals surface area contributed by atoms with Gasteiger partial charge in [-0.25, -0.2) is 4.39 Å². The van der Waals surface area contributed by atoms with Crippen molar-refractivity contribution in [3.05, 3.63) is 33.5 Å². The van der Waals surface area contributed by atoms with Crippen molar-refractivity contribution in [1.82, 2.24) is 4.90 Å². The number of amides is 1. The molecule has 0 spiro atoms. The first-order valence-electron chi connectivity index (χ1n) is 7.30. The number of ketones is 2. The van der Waals surface area contributed by atoms with Crippen molar-refractivity contribution >= 4 is 33.4 Å². The molecule has 1 saturated carbocycles. The van der Waals surface area contributed by atoms with Crippen LogP contribution in [0.5, 0.6) is 0 Å². The third kappa shape index (κ3) is 2.72. The van der Waals surface area contributed by atoms with Crippen LogP contribution in [0.4, 0.5) is 4.39 Å². The third-order valence-electron chi connectivity index (χ3n) is 4.30. The van der Waals surface area contributed by atoms with E-state index in [-0.39, 0.29) is 24.0 Å². The lowest BCUT2D eigenvalue weighted by molar-refractivity contribution is -0.126. The molecule has 116 valence electrons. The van der Waals surface area contributed by atoms with Crippen molar-refractivity contribution in [2.45, 2.75) is 44.7 Å². The quantitative estimate of drug-likeness (QED) is 0.766. The van der Waals surface area contributed by atoms with E-state index in [2.05, 4.69) is 15.9 Å². The predicted molar refractivity (Wildman–Crippen MR) is 80.9 cm³/mol. The van der Waals surface area contributed by atoms with Crippen LogP contribution in [0.15, 0.2) is 16.6 Å². The highest BCUT2D eigenvalue weighted by Crippen LogP contribution is 2.31. The van der Waals surface area contributed by atoms with Crippen LogP contribution >= 0.6 is 15.9 Å². The number of benzene rings is 1. The summed E-state index contributed by atoms with van der Waals surface area (Å²) in [5, 5.41) is 0. The number of hydrogen-bond acceptors (Lipinski definition) is 3. The number of fused-ring (bicyclic) bond motifs is 1. The number of nitrogens with zero attached hydrogens (tertiary/aromatic N) is 1. The van der Waals surface area contributed by atoms with E-state index in [0.29, 0.717) is 47.7 Å². The molecule has 0 saturated heterocycles. The van der Waals surface area contributed by atoms with Gasteiger partial charge in [-0.2, -0.15) is 0 Å². The number of Topliss-reactive ketones (excluding diaryl/α,β-unsaturated/α-hetero) is 2. The van der Waals surface area contributed by atoms with E-state index in [1.807, 2.05) is 0 Å². The molecule has 22 heavy (non-hydrogen) atoms. The standard InChI is InChI=1S/C16H15BrFNO3/c17-12-6-9-8-19(16(22)11(9)7-13(12)18)14-5-4-10(20)2-1-3-15(14)21/h6-7,14H,1-5,8H2. The summed E-state index contributed by atoms with van der Waals surface area (Å²) >= 11 is 3.11. The monoisotopic (exact) mass is 367 g/mol. The highest BCUT2D eigenvalue weighted by Gasteiger charge is 2.37. The zero-order valence-electron chi connectivity index (χ0n) is 11.9. The van der Waals surface area contributed by atoms with E-state index in [9.17, 15) is 18.8 Å². The highest BCUT2D eigenvalue weighted by atomic mass is 79.9. The van der Waals surface area contributed by atoms with E-state index in [1.165, 1.54) is 11.0 Å². The Labute approximate surface area is 135 Å². The van der Waals surface area contributed by atoms with Crippen molar-refractivity contribution < 1.29 is 18.8 Å². The molecule has 6 heteroatoms. The Morgan fingerprint density at radius 3 is 2.68 bits per heavy atom. The average Bonchev–Trinajstić information content (AvgIpc) is 2.75. The summed E-state index contributed by atoms with van der Waals surface area (Å²) < 4.78 is 13.9. The summed E-state index contributed by atoms with van der Waals surface area (Å²) in [6.07, 6.45) is 1.97. The predicted octanol–water partition coefficient (Wildman–Crippen LogP) is 3.01. The van der Waals surface area contributed by atoms with Crippen molar-refractivity contribution in [3.63, 3.8) is 0 Å². The second kappa shape index (κ2) is 5.91. The Morgan fingerprint density at radius 1 is 1.14 bits per heavy atom. The van der Waals surface area contributed by atoms with Gasteiger partial charge in [0, 0.05) is 31.4 Å². The Balaban J connectivity index is 1.87. The van der Waals surface area contributed by atoms with Gasteiger partial charge in [-0.15, -0.1) is 0 Å². The van der Waals surface area contributed by atoms with E-state index < -0.39 is 11.9 Å². The van der Waals surface area contributed by atoms with Crippen molar-refractivity contribution in [1.29, 1.82) is 0 Å². The van der Waals surface area contributed by atoms with Crippen LogP contribution in [-0.2, 0) is 16.1 Å². The van der Waals surface area contributed by atoms with Gasteiger partial charge in [-0.1, -0.05) is 0 Å². The summed E-state index contributed by atoms with van der Waals surface area (Å²) in [6.45, 7) is 0.289. The SMILES string of the molecule is O=C1CCCC(=O)C(N2Cc3cc(Br)c(F)cc3C2=O)CC1. The van der Waals surface area contributed by atoms with E-state index >= 15 is 0 Å². The fourth-order valence-electron chi connectivity index (χ4n) is 3.12. The molecule has 0 radical (unpaired) electrons. The maximum absolute atomic E-state index is 13.6. The van der Waals surface area contributed by atoms with Crippen molar-refractivity contribution in [2.24, 2.45) is 0 Å². The Kier molecular flexibility index (Phi) is 4.12. The van der Waals surface area contributed by atoms with Crippen LogP contribution in [0, 0.1) is 5.82 Å². The summed E-state index contributed by atoms with van der Waals surface area (Å²) in [7, 11) is 0. The lowest BCUT2D eigenvalue weighted by Gasteiger charge is -2.27. The van der Waals surface area contributed by atoms with Gasteiger partial charge < -0.3 is 4.90 Å². The Bertz CT molecular complexity index is 674. The molecular weight excluding hydrogens is 353 g/mol. The molecule has 0 N–H and O–H groups in total. The number of hydrogen-bond donors (Lipinski definition) is 0. The minimum Gasteiger partial charge on any atom is -0.324 e. The van der Waals surface area contributed by atoms with Gasteiger partial charge in [0.15, 0.2) is 5.78 Å². The van der Waals surface area contributed by atoms with Gasteiger partial charge in [0.1, 0.15) is 11.6 Å². The Morgan fingerprint density at radius 2 is 1.91 bits per heavy atom. The Hall–Kier alpha value is -1.56. The normalized spacial score (nSPS) is 22.5. The third-order valence-corrected chi connectivity index (χ3v) is 4.91. The topological polar surface area (TPSA) is 54.5 Å². The first-order chi connectivity index (χ1) is 10.5. The van der Waals surface area contributed by atoms with Gasteiger partial charge in [0.25, 0.3) is 5.91 Å². The van der Waals surface area contributed by atoms with Crippen LogP contribution in [0.3, 0.4) is 0 Å². The molecule has 1 heterocycles. The first-order valence-corrected chi connectivity index (χ1v) is 8.10. The lowest BCUT2D eigenvalue weighted by Crippen LogP contribution is -2.42. The van der Waals surface area contributed by atoms with Gasteiger partial charge in [-0.3, -0.25) is 14.4 Å². The zero-order valence-corrected chi connectivity index (χ0v) is 13.5. The van der Waals surface area contributed by atoms with Crippen molar-refractivity contribution in [2.75, 3.05) is 0 Å². The first kappa shape index (κ1) is 15.3. The molecule has 1 atom stereocenters. The van der Waals surface area contributed by atoms with Crippen molar-refractivity contribution in [3.8, 4) is 0 Å².